The van der Waals surface area contributed by atoms with Gasteiger partial charge in [-0.25, -0.2) is 0 Å². The molecule has 3 rings (SSSR count). The topological polar surface area (TPSA) is 36.9 Å². The Labute approximate surface area is 219 Å². The first-order valence-corrected chi connectivity index (χ1v) is 14.5. The van der Waals surface area contributed by atoms with Crippen LogP contribution in [0.2, 0.25) is 0 Å². The van der Waals surface area contributed by atoms with Gasteiger partial charge >= 0.3 is 0 Å². The van der Waals surface area contributed by atoms with Gasteiger partial charge in [0.05, 0.1) is 26.4 Å². The molecule has 1 fully saturated rings. The summed E-state index contributed by atoms with van der Waals surface area (Å²) in [5, 5.41) is 0. The van der Waals surface area contributed by atoms with Crippen LogP contribution in [0.25, 0.3) is 0 Å². The van der Waals surface area contributed by atoms with Crippen LogP contribution < -0.4 is 18.9 Å². The van der Waals surface area contributed by atoms with Gasteiger partial charge in [0.15, 0.2) is 0 Å². The zero-order valence-corrected chi connectivity index (χ0v) is 22.7. The molecule has 0 aliphatic heterocycles. The Bertz CT molecular complexity index is 732. The first-order valence-electron chi connectivity index (χ1n) is 14.5. The van der Waals surface area contributed by atoms with Crippen LogP contribution in [-0.4, -0.2) is 26.4 Å². The fourth-order valence-electron chi connectivity index (χ4n) is 4.83. The highest BCUT2D eigenvalue weighted by Gasteiger charge is 2.26. The van der Waals surface area contributed by atoms with E-state index in [1.54, 1.807) is 0 Å². The van der Waals surface area contributed by atoms with E-state index in [0.717, 1.165) is 62.3 Å². The van der Waals surface area contributed by atoms with E-state index >= 15 is 0 Å². The lowest BCUT2D eigenvalue weighted by molar-refractivity contribution is 0.105. The number of unbranched alkanes of at least 4 members (excludes halogenated alkanes) is 6. The van der Waals surface area contributed by atoms with Crippen LogP contribution in [0, 0.1) is 11.8 Å². The molecular formula is C32H48O4. The maximum Gasteiger partial charge on any atom is 0.119 e. The van der Waals surface area contributed by atoms with Crippen LogP contribution in [0.5, 0.6) is 23.0 Å². The minimum atomic E-state index is 0.527. The van der Waals surface area contributed by atoms with Gasteiger partial charge in [-0.2, -0.15) is 0 Å². The molecule has 1 aliphatic rings. The largest absolute Gasteiger partial charge is 0.494 e. The first-order chi connectivity index (χ1) is 17.8. The number of hydrogen-bond acceptors (Lipinski definition) is 4. The summed E-state index contributed by atoms with van der Waals surface area (Å²) >= 11 is 0. The summed E-state index contributed by atoms with van der Waals surface area (Å²) in [4.78, 5) is 0. The van der Waals surface area contributed by atoms with Gasteiger partial charge in [0.25, 0.3) is 0 Å². The molecule has 0 aromatic heterocycles. The average molecular weight is 497 g/mol. The fourth-order valence-corrected chi connectivity index (χ4v) is 4.83. The lowest BCUT2D eigenvalue weighted by Gasteiger charge is -2.31. The second-order valence-corrected chi connectivity index (χ2v) is 10.2. The summed E-state index contributed by atoms with van der Waals surface area (Å²) in [6.45, 7) is 7.53. The molecule has 36 heavy (non-hydrogen) atoms. The third-order valence-corrected chi connectivity index (χ3v) is 7.18. The molecule has 4 heteroatoms. The first kappa shape index (κ1) is 28.2. The highest BCUT2D eigenvalue weighted by atomic mass is 16.5. The molecule has 4 nitrogen and oxygen atoms in total. The molecule has 1 saturated carbocycles. The maximum atomic E-state index is 6.19. The monoisotopic (exact) mass is 496 g/mol. The molecule has 2 aromatic carbocycles. The fraction of sp³-hybridized carbons (Fsp3) is 0.625. The molecule has 1 aliphatic carbocycles. The zero-order valence-electron chi connectivity index (χ0n) is 22.7. The highest BCUT2D eigenvalue weighted by molar-refractivity contribution is 5.32. The standard InChI is InChI=1S/C32H48O4/c1-3-5-7-11-23-33-29-15-19-31(20-16-29)35-25-27-13-9-10-14-28(27)26-36-32-21-17-30(18-22-32)34-24-12-8-6-4-2/h15-22,27-28H,3-14,23-26H2,1-2H3/t27-,28-/m0/s1. The second kappa shape index (κ2) is 17.2. The van der Waals surface area contributed by atoms with Crippen molar-refractivity contribution in [3.05, 3.63) is 48.5 Å². The summed E-state index contributed by atoms with van der Waals surface area (Å²) in [6.07, 6.45) is 14.8. The smallest absolute Gasteiger partial charge is 0.119 e. The Kier molecular flexibility index (Phi) is 13.4. The van der Waals surface area contributed by atoms with E-state index in [0.29, 0.717) is 11.8 Å². The van der Waals surface area contributed by atoms with Crippen molar-refractivity contribution in [2.24, 2.45) is 11.8 Å². The molecule has 2 aromatic rings. The summed E-state index contributed by atoms with van der Waals surface area (Å²) in [7, 11) is 0. The second-order valence-electron chi connectivity index (χ2n) is 10.2. The SMILES string of the molecule is CCCCCCOc1ccc(OC[C@@H]2CCCC[C@H]2COc2ccc(OCCCCCC)cc2)cc1. The Morgan fingerprint density at radius 3 is 1.22 bits per heavy atom. The van der Waals surface area contributed by atoms with Crippen molar-refractivity contribution in [2.45, 2.75) is 90.9 Å². The van der Waals surface area contributed by atoms with E-state index in [9.17, 15) is 0 Å². The maximum absolute atomic E-state index is 6.19. The molecule has 0 unspecified atom stereocenters. The summed E-state index contributed by atoms with van der Waals surface area (Å²) in [5.74, 6) is 4.75. The van der Waals surface area contributed by atoms with Crippen LogP contribution in [0.3, 0.4) is 0 Å². The predicted molar refractivity (Wildman–Crippen MR) is 149 cm³/mol. The highest BCUT2D eigenvalue weighted by Crippen LogP contribution is 2.32. The van der Waals surface area contributed by atoms with E-state index in [-0.39, 0.29) is 0 Å². The number of ether oxygens (including phenoxy) is 4. The van der Waals surface area contributed by atoms with E-state index in [2.05, 4.69) is 13.8 Å². The van der Waals surface area contributed by atoms with Crippen LogP contribution in [0.15, 0.2) is 48.5 Å². The number of rotatable bonds is 18. The van der Waals surface area contributed by atoms with Gasteiger partial charge < -0.3 is 18.9 Å². The lowest BCUT2D eigenvalue weighted by atomic mass is 9.80. The summed E-state index contributed by atoms with van der Waals surface area (Å²) in [6, 6.07) is 16.2. The van der Waals surface area contributed by atoms with Crippen molar-refractivity contribution in [2.75, 3.05) is 26.4 Å². The van der Waals surface area contributed by atoms with Crippen molar-refractivity contribution in [3.63, 3.8) is 0 Å². The Morgan fingerprint density at radius 2 is 0.861 bits per heavy atom. The van der Waals surface area contributed by atoms with E-state index in [1.807, 2.05) is 48.5 Å². The quantitative estimate of drug-likeness (QED) is 0.193. The molecular weight excluding hydrogens is 448 g/mol. The van der Waals surface area contributed by atoms with Crippen LogP contribution in [0.4, 0.5) is 0 Å². The normalized spacial score (nSPS) is 17.5. The number of benzene rings is 2. The van der Waals surface area contributed by atoms with Gasteiger partial charge in [0, 0.05) is 0 Å². The van der Waals surface area contributed by atoms with Gasteiger partial charge in [-0.05, 0) is 86.1 Å². The van der Waals surface area contributed by atoms with Crippen molar-refractivity contribution < 1.29 is 18.9 Å². The third-order valence-electron chi connectivity index (χ3n) is 7.18. The molecule has 0 bridgehead atoms. The zero-order chi connectivity index (χ0) is 25.3. The average Bonchev–Trinajstić information content (AvgIpc) is 2.92. The molecule has 0 amide bonds. The van der Waals surface area contributed by atoms with Gasteiger partial charge in [-0.3, -0.25) is 0 Å². The molecule has 0 heterocycles. The van der Waals surface area contributed by atoms with Crippen molar-refractivity contribution in [3.8, 4) is 23.0 Å². The molecule has 200 valence electrons. The Hall–Kier alpha value is -2.36. The van der Waals surface area contributed by atoms with Crippen molar-refractivity contribution >= 4 is 0 Å². The number of hydrogen-bond donors (Lipinski definition) is 0. The minimum Gasteiger partial charge on any atom is -0.494 e. The predicted octanol–water partition coefficient (Wildman–Crippen LogP) is 8.87. The van der Waals surface area contributed by atoms with Crippen molar-refractivity contribution in [1.82, 2.24) is 0 Å². The van der Waals surface area contributed by atoms with Gasteiger partial charge in [0.2, 0.25) is 0 Å². The van der Waals surface area contributed by atoms with E-state index < -0.39 is 0 Å². The Balaban J connectivity index is 1.37. The lowest BCUT2D eigenvalue weighted by Crippen LogP contribution is -2.29. The van der Waals surface area contributed by atoms with Gasteiger partial charge in [0.1, 0.15) is 23.0 Å². The van der Waals surface area contributed by atoms with Gasteiger partial charge in [-0.1, -0.05) is 65.2 Å². The molecule has 0 N–H and O–H groups in total. The van der Waals surface area contributed by atoms with E-state index in [4.69, 9.17) is 18.9 Å². The van der Waals surface area contributed by atoms with Crippen LogP contribution in [-0.2, 0) is 0 Å². The summed E-state index contributed by atoms with van der Waals surface area (Å²) < 4.78 is 24.1. The van der Waals surface area contributed by atoms with Crippen LogP contribution in [0.1, 0.15) is 90.9 Å². The van der Waals surface area contributed by atoms with Crippen molar-refractivity contribution in [1.29, 1.82) is 0 Å². The third kappa shape index (κ3) is 10.7. The van der Waals surface area contributed by atoms with Crippen LogP contribution >= 0.6 is 0 Å². The summed E-state index contributed by atoms with van der Waals surface area (Å²) in [5.41, 5.74) is 0. The van der Waals surface area contributed by atoms with Gasteiger partial charge in [-0.15, -0.1) is 0 Å². The Morgan fingerprint density at radius 1 is 0.500 bits per heavy atom. The molecule has 2 atom stereocenters. The van der Waals surface area contributed by atoms with E-state index in [1.165, 1.54) is 64.2 Å². The molecule has 0 saturated heterocycles. The minimum absolute atomic E-state index is 0.527. The molecule has 0 spiro atoms. The molecule has 0 radical (unpaired) electrons.